The molecule has 1 saturated heterocycles. The van der Waals surface area contributed by atoms with Gasteiger partial charge in [-0.15, -0.1) is 36.2 Å². The molecular weight excluding hydrogens is 501 g/mol. The van der Waals surface area contributed by atoms with Gasteiger partial charge in [-0.25, -0.2) is 9.97 Å². The van der Waals surface area contributed by atoms with Gasteiger partial charge in [-0.2, -0.15) is 0 Å². The molecule has 2 aromatic heterocycles. The third kappa shape index (κ3) is 6.93. The van der Waals surface area contributed by atoms with Gasteiger partial charge in [-0.05, 0) is 75.3 Å². The maximum Gasteiger partial charge on any atom is 0.251 e. The summed E-state index contributed by atoms with van der Waals surface area (Å²) in [6.45, 7) is 3.28. The van der Waals surface area contributed by atoms with Crippen LogP contribution in [0, 0.1) is 5.92 Å². The van der Waals surface area contributed by atoms with Crippen molar-refractivity contribution in [1.29, 1.82) is 0 Å². The third-order valence-electron chi connectivity index (χ3n) is 5.90. The number of aromatic nitrogens is 2. The van der Waals surface area contributed by atoms with Crippen molar-refractivity contribution in [2.24, 2.45) is 5.92 Å². The molecule has 3 aromatic rings. The standard InChI is InChI=1S/C23H28ClN5OS.2ClH/c1-25-22(30)17-6-5-16-12-20(31-19(16)13-17)21-18(24)14-27-23(28-21)26-9-3-4-15-7-10-29(2)11-8-15;;/h5-6,12-15H,3-4,7-11H2,1-2H3,(H,25,30)(H,26,27,28);2*1H. The predicted molar refractivity (Wildman–Crippen MR) is 144 cm³/mol. The van der Waals surface area contributed by atoms with Crippen molar-refractivity contribution in [3.05, 3.63) is 41.0 Å². The zero-order valence-corrected chi connectivity index (χ0v) is 22.0. The number of nitrogens with one attached hydrogen (secondary N) is 2. The van der Waals surface area contributed by atoms with Crippen molar-refractivity contribution in [1.82, 2.24) is 20.2 Å². The number of carbonyl (C=O) groups is 1. The fourth-order valence-corrected chi connectivity index (χ4v) is 5.35. The summed E-state index contributed by atoms with van der Waals surface area (Å²) in [5, 5.41) is 7.61. The molecule has 4 rings (SSSR count). The van der Waals surface area contributed by atoms with Crippen molar-refractivity contribution >= 4 is 69.7 Å². The molecule has 1 aromatic carbocycles. The minimum atomic E-state index is -0.0938. The third-order valence-corrected chi connectivity index (χ3v) is 7.28. The highest BCUT2D eigenvalue weighted by Gasteiger charge is 2.16. The van der Waals surface area contributed by atoms with E-state index in [2.05, 4.69) is 38.6 Å². The van der Waals surface area contributed by atoms with Crippen LogP contribution in [0.1, 0.15) is 36.0 Å². The molecule has 0 bridgehead atoms. The zero-order valence-electron chi connectivity index (χ0n) is 18.8. The van der Waals surface area contributed by atoms with E-state index in [4.69, 9.17) is 11.6 Å². The lowest BCUT2D eigenvalue weighted by molar-refractivity contribution is 0.0963. The summed E-state index contributed by atoms with van der Waals surface area (Å²) in [6, 6.07) is 7.75. The second kappa shape index (κ2) is 12.7. The molecule has 3 heterocycles. The Bertz CT molecular complexity index is 1070. The van der Waals surface area contributed by atoms with Crippen LogP contribution in [-0.2, 0) is 0 Å². The van der Waals surface area contributed by atoms with Gasteiger partial charge in [0.15, 0.2) is 0 Å². The lowest BCUT2D eigenvalue weighted by Crippen LogP contribution is -2.30. The average Bonchev–Trinajstić information content (AvgIpc) is 3.21. The number of likely N-dealkylation sites (tertiary alicyclic amines) is 1. The summed E-state index contributed by atoms with van der Waals surface area (Å²) in [5.74, 6) is 1.34. The highest BCUT2D eigenvalue weighted by molar-refractivity contribution is 7.22. The minimum absolute atomic E-state index is 0. The number of benzene rings is 1. The van der Waals surface area contributed by atoms with E-state index in [0.29, 0.717) is 16.5 Å². The van der Waals surface area contributed by atoms with E-state index >= 15 is 0 Å². The Labute approximate surface area is 216 Å². The molecule has 0 radical (unpaired) electrons. The van der Waals surface area contributed by atoms with Crippen molar-refractivity contribution in [2.75, 3.05) is 39.0 Å². The Morgan fingerprint density at radius 3 is 2.73 bits per heavy atom. The Morgan fingerprint density at radius 1 is 1.24 bits per heavy atom. The number of rotatable bonds is 7. The first-order valence-electron chi connectivity index (χ1n) is 10.7. The van der Waals surface area contributed by atoms with E-state index in [1.54, 1.807) is 24.6 Å². The number of nitrogens with zero attached hydrogens (tertiary/aromatic N) is 3. The van der Waals surface area contributed by atoms with Crippen molar-refractivity contribution in [3.63, 3.8) is 0 Å². The number of amides is 1. The normalized spacial score (nSPS) is 14.4. The SMILES string of the molecule is CNC(=O)c1ccc2cc(-c3nc(NCCCC4CCN(C)CC4)ncc3Cl)sc2c1.Cl.Cl. The van der Waals surface area contributed by atoms with Crippen LogP contribution in [0.2, 0.25) is 5.02 Å². The number of fused-ring (bicyclic) bond motifs is 1. The summed E-state index contributed by atoms with van der Waals surface area (Å²) < 4.78 is 1.03. The average molecular weight is 531 g/mol. The van der Waals surface area contributed by atoms with Gasteiger partial charge in [-0.1, -0.05) is 17.7 Å². The predicted octanol–water partition coefficient (Wildman–Crippen LogP) is 5.75. The van der Waals surface area contributed by atoms with E-state index in [1.807, 2.05) is 18.2 Å². The van der Waals surface area contributed by atoms with Crippen LogP contribution in [0.3, 0.4) is 0 Å². The molecule has 1 amide bonds. The first kappa shape index (κ1) is 27.6. The van der Waals surface area contributed by atoms with Crippen LogP contribution in [-0.4, -0.2) is 54.5 Å². The van der Waals surface area contributed by atoms with E-state index in [-0.39, 0.29) is 30.7 Å². The Hall–Kier alpha value is -1.64. The van der Waals surface area contributed by atoms with Crippen LogP contribution in [0.25, 0.3) is 20.7 Å². The fraction of sp³-hybridized carbons (Fsp3) is 0.435. The number of hydrogen-bond donors (Lipinski definition) is 2. The highest BCUT2D eigenvalue weighted by atomic mass is 35.5. The van der Waals surface area contributed by atoms with E-state index in [1.165, 1.54) is 32.4 Å². The van der Waals surface area contributed by atoms with Gasteiger partial charge in [0.05, 0.1) is 16.1 Å². The molecule has 0 aliphatic carbocycles. The smallest absolute Gasteiger partial charge is 0.251 e. The van der Waals surface area contributed by atoms with E-state index in [0.717, 1.165) is 39.5 Å². The van der Waals surface area contributed by atoms with E-state index in [9.17, 15) is 4.79 Å². The number of anilines is 1. The number of hydrogen-bond acceptors (Lipinski definition) is 6. The van der Waals surface area contributed by atoms with Crippen LogP contribution in [0.5, 0.6) is 0 Å². The van der Waals surface area contributed by atoms with Crippen LogP contribution >= 0.6 is 47.8 Å². The monoisotopic (exact) mass is 529 g/mol. The summed E-state index contributed by atoms with van der Waals surface area (Å²) in [4.78, 5) is 24.3. The molecule has 0 saturated carbocycles. The maximum atomic E-state index is 11.9. The molecule has 0 atom stereocenters. The molecular formula is C23H30Cl3N5OS. The molecule has 1 aliphatic rings. The Morgan fingerprint density at radius 2 is 2.00 bits per heavy atom. The molecule has 0 unspecified atom stereocenters. The first-order chi connectivity index (χ1) is 15.0. The van der Waals surface area contributed by atoms with Gasteiger partial charge in [0.1, 0.15) is 5.69 Å². The summed E-state index contributed by atoms with van der Waals surface area (Å²) in [5.41, 5.74) is 1.36. The molecule has 6 nitrogen and oxygen atoms in total. The van der Waals surface area contributed by atoms with Gasteiger partial charge in [0.2, 0.25) is 5.95 Å². The second-order valence-electron chi connectivity index (χ2n) is 8.15. The lowest BCUT2D eigenvalue weighted by atomic mass is 9.92. The zero-order chi connectivity index (χ0) is 21.8. The van der Waals surface area contributed by atoms with Crippen LogP contribution < -0.4 is 10.6 Å². The summed E-state index contributed by atoms with van der Waals surface area (Å²) in [6.07, 6.45) is 6.60. The van der Waals surface area contributed by atoms with Gasteiger partial charge in [0.25, 0.3) is 5.91 Å². The molecule has 180 valence electrons. The van der Waals surface area contributed by atoms with Crippen LogP contribution in [0.15, 0.2) is 30.5 Å². The number of thiophene rings is 1. The second-order valence-corrected chi connectivity index (χ2v) is 9.64. The Kier molecular flexibility index (Phi) is 10.6. The van der Waals surface area contributed by atoms with Gasteiger partial charge in [-0.3, -0.25) is 4.79 Å². The summed E-state index contributed by atoms with van der Waals surface area (Å²) in [7, 11) is 3.83. The van der Waals surface area contributed by atoms with Crippen molar-refractivity contribution in [3.8, 4) is 10.6 Å². The van der Waals surface area contributed by atoms with Gasteiger partial charge < -0.3 is 15.5 Å². The minimum Gasteiger partial charge on any atom is -0.355 e. The molecule has 1 fully saturated rings. The van der Waals surface area contributed by atoms with Crippen molar-refractivity contribution < 1.29 is 4.79 Å². The maximum absolute atomic E-state index is 11.9. The van der Waals surface area contributed by atoms with Crippen LogP contribution in [0.4, 0.5) is 5.95 Å². The highest BCUT2D eigenvalue weighted by Crippen LogP contribution is 2.36. The Balaban J connectivity index is 0.00000193. The topological polar surface area (TPSA) is 70.2 Å². The lowest BCUT2D eigenvalue weighted by Gasteiger charge is -2.28. The fourth-order valence-electron chi connectivity index (χ4n) is 4.00. The number of piperidine rings is 1. The molecule has 33 heavy (non-hydrogen) atoms. The van der Waals surface area contributed by atoms with Gasteiger partial charge >= 0.3 is 0 Å². The van der Waals surface area contributed by atoms with Crippen molar-refractivity contribution in [2.45, 2.75) is 25.7 Å². The molecule has 0 spiro atoms. The number of halogens is 3. The molecule has 1 aliphatic heterocycles. The largest absolute Gasteiger partial charge is 0.355 e. The number of carbonyl (C=O) groups excluding carboxylic acids is 1. The quantitative estimate of drug-likeness (QED) is 0.381. The van der Waals surface area contributed by atoms with Gasteiger partial charge in [0, 0.05) is 23.9 Å². The summed E-state index contributed by atoms with van der Waals surface area (Å²) >= 11 is 8.00. The first-order valence-corrected chi connectivity index (χ1v) is 11.9. The van der Waals surface area contributed by atoms with E-state index < -0.39 is 0 Å². The molecule has 2 N–H and O–H groups in total. The molecule has 10 heteroatoms.